The van der Waals surface area contributed by atoms with Gasteiger partial charge < -0.3 is 4.90 Å². The highest BCUT2D eigenvalue weighted by atomic mass is 16.2. The van der Waals surface area contributed by atoms with Gasteiger partial charge >= 0.3 is 0 Å². The summed E-state index contributed by atoms with van der Waals surface area (Å²) >= 11 is 0. The molecule has 1 heterocycles. The van der Waals surface area contributed by atoms with Crippen LogP contribution in [0.2, 0.25) is 0 Å². The van der Waals surface area contributed by atoms with Crippen molar-refractivity contribution in [3.8, 4) is 0 Å². The van der Waals surface area contributed by atoms with Crippen LogP contribution in [0.3, 0.4) is 0 Å². The van der Waals surface area contributed by atoms with Gasteiger partial charge in [-0.15, -0.1) is 0 Å². The van der Waals surface area contributed by atoms with Crippen LogP contribution in [-0.4, -0.2) is 23.9 Å². The molecule has 2 heteroatoms. The van der Waals surface area contributed by atoms with Crippen molar-refractivity contribution in [2.24, 2.45) is 11.8 Å². The van der Waals surface area contributed by atoms with Gasteiger partial charge in [-0.2, -0.15) is 0 Å². The summed E-state index contributed by atoms with van der Waals surface area (Å²) in [6, 6.07) is 8.88. The fraction of sp³-hybridized carbons (Fsp3) is 0.650. The van der Waals surface area contributed by atoms with E-state index in [-0.39, 0.29) is 11.3 Å². The van der Waals surface area contributed by atoms with E-state index < -0.39 is 0 Å². The largest absolute Gasteiger partial charge is 0.342 e. The Kier molecular flexibility index (Phi) is 4.29. The molecule has 1 aliphatic heterocycles. The minimum atomic E-state index is 0.0994. The quantitative estimate of drug-likeness (QED) is 0.692. The lowest BCUT2D eigenvalue weighted by molar-refractivity contribution is -0.130. The van der Waals surface area contributed by atoms with Crippen molar-refractivity contribution in [2.75, 3.05) is 13.1 Å². The molecular weight excluding hydrogens is 270 g/mol. The SMILES string of the molecule is CCCCCCN1CC2C(C1=O)C2(C)c1cccc(CC)c1. The number of unbranched alkanes of at least 4 members (excludes halogenated alkanes) is 3. The molecule has 0 spiro atoms. The topological polar surface area (TPSA) is 20.3 Å². The highest BCUT2D eigenvalue weighted by Crippen LogP contribution is 2.63. The zero-order valence-corrected chi connectivity index (χ0v) is 14.3. The number of hydrogen-bond donors (Lipinski definition) is 0. The van der Waals surface area contributed by atoms with Gasteiger partial charge in [0.2, 0.25) is 5.91 Å². The Morgan fingerprint density at radius 1 is 1.23 bits per heavy atom. The van der Waals surface area contributed by atoms with Crippen LogP contribution >= 0.6 is 0 Å². The summed E-state index contributed by atoms with van der Waals surface area (Å²) in [5.41, 5.74) is 2.86. The minimum absolute atomic E-state index is 0.0994. The van der Waals surface area contributed by atoms with Crippen molar-refractivity contribution in [1.29, 1.82) is 0 Å². The lowest BCUT2D eigenvalue weighted by Crippen LogP contribution is -2.34. The predicted molar refractivity (Wildman–Crippen MR) is 90.9 cm³/mol. The number of likely N-dealkylation sites (tertiary alicyclic amines) is 1. The maximum atomic E-state index is 12.7. The van der Waals surface area contributed by atoms with E-state index in [1.165, 1.54) is 36.8 Å². The molecule has 120 valence electrons. The van der Waals surface area contributed by atoms with E-state index in [1.807, 2.05) is 0 Å². The predicted octanol–water partition coefficient (Wildman–Crippen LogP) is 4.18. The number of fused-ring (bicyclic) bond motifs is 1. The molecule has 1 saturated heterocycles. The molecular formula is C20H29NO. The number of carbonyl (C=O) groups is 1. The first-order valence-electron chi connectivity index (χ1n) is 9.01. The molecule has 1 saturated carbocycles. The zero-order valence-electron chi connectivity index (χ0n) is 14.3. The first-order valence-corrected chi connectivity index (χ1v) is 9.01. The van der Waals surface area contributed by atoms with E-state index in [4.69, 9.17) is 0 Å². The van der Waals surface area contributed by atoms with Gasteiger partial charge in [-0.05, 0) is 29.9 Å². The van der Waals surface area contributed by atoms with E-state index in [0.29, 0.717) is 11.8 Å². The molecule has 0 aromatic heterocycles. The normalized spacial score (nSPS) is 29.8. The number of piperidine rings is 1. The Morgan fingerprint density at radius 2 is 2.05 bits per heavy atom. The number of hydrogen-bond acceptors (Lipinski definition) is 1. The number of amides is 1. The van der Waals surface area contributed by atoms with Crippen LogP contribution in [0.25, 0.3) is 0 Å². The van der Waals surface area contributed by atoms with Gasteiger partial charge in [0, 0.05) is 18.5 Å². The highest BCUT2D eigenvalue weighted by molar-refractivity contribution is 5.88. The van der Waals surface area contributed by atoms with Crippen LogP contribution in [0.5, 0.6) is 0 Å². The first kappa shape index (κ1) is 15.6. The first-order chi connectivity index (χ1) is 10.6. The Balaban J connectivity index is 1.63. The van der Waals surface area contributed by atoms with Gasteiger partial charge in [0.1, 0.15) is 0 Å². The molecule has 3 unspecified atom stereocenters. The Bertz CT molecular complexity index is 552. The molecule has 2 aliphatic rings. The van der Waals surface area contributed by atoms with Gasteiger partial charge in [0.05, 0.1) is 5.92 Å². The Labute approximate surface area is 134 Å². The van der Waals surface area contributed by atoms with E-state index in [2.05, 4.69) is 49.9 Å². The summed E-state index contributed by atoms with van der Waals surface area (Å²) in [6.07, 6.45) is 6.03. The molecule has 3 rings (SSSR count). The summed E-state index contributed by atoms with van der Waals surface area (Å²) < 4.78 is 0. The third kappa shape index (κ3) is 2.47. The maximum Gasteiger partial charge on any atom is 0.226 e. The number of carbonyl (C=O) groups excluding carboxylic acids is 1. The summed E-state index contributed by atoms with van der Waals surface area (Å²) in [7, 11) is 0. The van der Waals surface area contributed by atoms with E-state index in [1.54, 1.807) is 0 Å². The van der Waals surface area contributed by atoms with Crippen LogP contribution in [0, 0.1) is 11.8 Å². The molecule has 1 amide bonds. The van der Waals surface area contributed by atoms with E-state index >= 15 is 0 Å². The molecule has 22 heavy (non-hydrogen) atoms. The molecule has 0 N–H and O–H groups in total. The smallest absolute Gasteiger partial charge is 0.226 e. The summed E-state index contributed by atoms with van der Waals surface area (Å²) in [4.78, 5) is 14.8. The summed E-state index contributed by atoms with van der Waals surface area (Å²) in [6.45, 7) is 8.66. The van der Waals surface area contributed by atoms with Crippen molar-refractivity contribution in [1.82, 2.24) is 4.90 Å². The molecule has 3 atom stereocenters. The standard InChI is InChI=1S/C20H29NO/c1-4-6-7-8-12-21-14-17-18(19(21)22)20(17,3)16-11-9-10-15(5-2)13-16/h9-11,13,17-18H,4-8,12,14H2,1-3H3. The second kappa shape index (κ2) is 6.06. The second-order valence-corrected chi connectivity index (χ2v) is 7.27. The summed E-state index contributed by atoms with van der Waals surface area (Å²) in [5, 5.41) is 0. The fourth-order valence-corrected chi connectivity index (χ4v) is 4.30. The summed E-state index contributed by atoms with van der Waals surface area (Å²) in [5.74, 6) is 1.19. The van der Waals surface area contributed by atoms with Gasteiger partial charge in [-0.3, -0.25) is 4.79 Å². The zero-order chi connectivity index (χ0) is 15.7. The lowest BCUT2D eigenvalue weighted by atomic mass is 9.90. The Hall–Kier alpha value is -1.31. The minimum Gasteiger partial charge on any atom is -0.342 e. The van der Waals surface area contributed by atoms with E-state index in [9.17, 15) is 4.79 Å². The molecule has 0 bridgehead atoms. The number of rotatable bonds is 7. The van der Waals surface area contributed by atoms with Crippen molar-refractivity contribution < 1.29 is 4.79 Å². The monoisotopic (exact) mass is 299 g/mol. The number of nitrogens with zero attached hydrogens (tertiary/aromatic N) is 1. The number of aryl methyl sites for hydroxylation is 1. The van der Waals surface area contributed by atoms with Crippen LogP contribution in [0.15, 0.2) is 24.3 Å². The van der Waals surface area contributed by atoms with Crippen LogP contribution in [0.4, 0.5) is 0 Å². The van der Waals surface area contributed by atoms with Crippen LogP contribution in [0.1, 0.15) is 57.6 Å². The van der Waals surface area contributed by atoms with Crippen molar-refractivity contribution in [3.05, 3.63) is 35.4 Å². The molecule has 1 aliphatic carbocycles. The highest BCUT2D eigenvalue weighted by Gasteiger charge is 2.70. The molecule has 1 aromatic rings. The maximum absolute atomic E-state index is 12.7. The van der Waals surface area contributed by atoms with Gasteiger partial charge in [-0.1, -0.05) is 64.3 Å². The van der Waals surface area contributed by atoms with Crippen LogP contribution in [-0.2, 0) is 16.6 Å². The lowest BCUT2D eigenvalue weighted by Gasteiger charge is -2.25. The molecule has 0 radical (unpaired) electrons. The Morgan fingerprint density at radius 3 is 2.68 bits per heavy atom. The van der Waals surface area contributed by atoms with E-state index in [0.717, 1.165) is 19.5 Å². The van der Waals surface area contributed by atoms with Crippen molar-refractivity contribution in [2.45, 2.75) is 58.3 Å². The third-order valence-corrected chi connectivity index (χ3v) is 5.94. The van der Waals surface area contributed by atoms with Gasteiger partial charge in [-0.25, -0.2) is 0 Å². The fourth-order valence-electron chi connectivity index (χ4n) is 4.30. The van der Waals surface area contributed by atoms with Gasteiger partial charge in [0.15, 0.2) is 0 Å². The van der Waals surface area contributed by atoms with Crippen LogP contribution < -0.4 is 0 Å². The third-order valence-electron chi connectivity index (χ3n) is 5.94. The molecule has 2 fully saturated rings. The van der Waals surface area contributed by atoms with Gasteiger partial charge in [0.25, 0.3) is 0 Å². The molecule has 2 nitrogen and oxygen atoms in total. The van der Waals surface area contributed by atoms with Crippen molar-refractivity contribution in [3.63, 3.8) is 0 Å². The van der Waals surface area contributed by atoms with Crippen molar-refractivity contribution >= 4 is 5.91 Å². The average Bonchev–Trinajstić information content (AvgIpc) is 2.99. The average molecular weight is 299 g/mol. The molecule has 1 aromatic carbocycles. The number of benzene rings is 1. The second-order valence-electron chi connectivity index (χ2n) is 7.27.